The standard InChI is InChI=1S/C12H24N4O2/c1-10-11(13)12(16(2)15-10)14-6-4-5-7-18-9-8-17-3/h14H,4-9,13H2,1-3H3. The number of methoxy groups -OCH3 is 1. The van der Waals surface area contributed by atoms with E-state index in [0.717, 1.165) is 43.2 Å². The highest BCUT2D eigenvalue weighted by atomic mass is 16.5. The number of nitrogens with two attached hydrogens (primary N) is 1. The van der Waals surface area contributed by atoms with Crippen LogP contribution in [0.3, 0.4) is 0 Å². The summed E-state index contributed by atoms with van der Waals surface area (Å²) in [5.41, 5.74) is 7.51. The minimum absolute atomic E-state index is 0.656. The molecule has 0 aliphatic carbocycles. The van der Waals surface area contributed by atoms with Gasteiger partial charge in [-0.05, 0) is 19.8 Å². The molecule has 0 unspecified atom stereocenters. The molecule has 0 fully saturated rings. The number of nitrogens with one attached hydrogen (secondary N) is 1. The molecule has 18 heavy (non-hydrogen) atoms. The van der Waals surface area contributed by atoms with Gasteiger partial charge in [0.2, 0.25) is 0 Å². The summed E-state index contributed by atoms with van der Waals surface area (Å²) >= 11 is 0. The monoisotopic (exact) mass is 256 g/mol. The zero-order valence-corrected chi connectivity index (χ0v) is 11.5. The van der Waals surface area contributed by atoms with Crippen LogP contribution in [0.5, 0.6) is 0 Å². The van der Waals surface area contributed by atoms with E-state index in [1.807, 2.05) is 14.0 Å². The molecule has 1 aromatic heterocycles. The molecule has 1 heterocycles. The molecule has 0 aliphatic rings. The van der Waals surface area contributed by atoms with Crippen LogP contribution in [0.4, 0.5) is 11.5 Å². The second kappa shape index (κ2) is 7.94. The van der Waals surface area contributed by atoms with Gasteiger partial charge >= 0.3 is 0 Å². The number of anilines is 2. The van der Waals surface area contributed by atoms with Crippen LogP contribution in [0.25, 0.3) is 0 Å². The maximum Gasteiger partial charge on any atom is 0.147 e. The number of nitrogen functional groups attached to an aromatic ring is 1. The minimum Gasteiger partial charge on any atom is -0.394 e. The van der Waals surface area contributed by atoms with Crippen molar-refractivity contribution in [3.05, 3.63) is 5.69 Å². The predicted octanol–water partition coefficient (Wildman–Crippen LogP) is 1.17. The Balaban J connectivity index is 2.11. The van der Waals surface area contributed by atoms with Crippen molar-refractivity contribution >= 4 is 11.5 Å². The van der Waals surface area contributed by atoms with Gasteiger partial charge in [-0.25, -0.2) is 0 Å². The summed E-state index contributed by atoms with van der Waals surface area (Å²) in [4.78, 5) is 0. The Morgan fingerprint density at radius 1 is 1.28 bits per heavy atom. The molecule has 0 bridgehead atoms. The van der Waals surface area contributed by atoms with Crippen molar-refractivity contribution in [2.45, 2.75) is 19.8 Å². The highest BCUT2D eigenvalue weighted by molar-refractivity contribution is 5.64. The highest BCUT2D eigenvalue weighted by Crippen LogP contribution is 2.20. The first-order valence-electron chi connectivity index (χ1n) is 6.26. The molecular formula is C12H24N4O2. The highest BCUT2D eigenvalue weighted by Gasteiger charge is 2.08. The summed E-state index contributed by atoms with van der Waals surface area (Å²) in [6, 6.07) is 0. The van der Waals surface area contributed by atoms with Gasteiger partial charge < -0.3 is 20.5 Å². The zero-order chi connectivity index (χ0) is 13.4. The lowest BCUT2D eigenvalue weighted by molar-refractivity contribution is 0.0691. The fourth-order valence-corrected chi connectivity index (χ4v) is 1.66. The fraction of sp³-hybridized carbons (Fsp3) is 0.750. The number of unbranched alkanes of at least 4 members (excludes halogenated alkanes) is 1. The molecule has 0 spiro atoms. The minimum atomic E-state index is 0.656. The number of aryl methyl sites for hydroxylation is 2. The molecule has 0 aromatic carbocycles. The average Bonchev–Trinajstić information content (AvgIpc) is 2.58. The molecule has 1 rings (SSSR count). The van der Waals surface area contributed by atoms with Crippen molar-refractivity contribution < 1.29 is 9.47 Å². The first-order valence-corrected chi connectivity index (χ1v) is 6.26. The summed E-state index contributed by atoms with van der Waals surface area (Å²) in [6.45, 7) is 4.87. The zero-order valence-electron chi connectivity index (χ0n) is 11.5. The van der Waals surface area contributed by atoms with Crippen LogP contribution in [0.2, 0.25) is 0 Å². The van der Waals surface area contributed by atoms with Gasteiger partial charge in [0, 0.05) is 27.3 Å². The first-order chi connectivity index (χ1) is 8.66. The smallest absolute Gasteiger partial charge is 0.147 e. The Labute approximate surface area is 108 Å². The molecule has 1 aromatic rings. The van der Waals surface area contributed by atoms with E-state index in [1.54, 1.807) is 11.8 Å². The third kappa shape index (κ3) is 4.54. The van der Waals surface area contributed by atoms with E-state index in [0.29, 0.717) is 13.2 Å². The summed E-state index contributed by atoms with van der Waals surface area (Å²) in [5, 5.41) is 7.55. The van der Waals surface area contributed by atoms with Crippen LogP contribution < -0.4 is 11.1 Å². The van der Waals surface area contributed by atoms with Crippen molar-refractivity contribution in [3.63, 3.8) is 0 Å². The van der Waals surface area contributed by atoms with E-state index in [2.05, 4.69) is 10.4 Å². The van der Waals surface area contributed by atoms with E-state index in [4.69, 9.17) is 15.2 Å². The number of ether oxygens (including phenoxy) is 2. The molecule has 0 radical (unpaired) electrons. The van der Waals surface area contributed by atoms with Crippen molar-refractivity contribution in [2.24, 2.45) is 7.05 Å². The van der Waals surface area contributed by atoms with Crippen LogP contribution in [0.15, 0.2) is 0 Å². The molecule has 104 valence electrons. The average molecular weight is 256 g/mol. The van der Waals surface area contributed by atoms with Gasteiger partial charge in [0.05, 0.1) is 24.6 Å². The Bertz CT molecular complexity index is 352. The Morgan fingerprint density at radius 3 is 2.67 bits per heavy atom. The largest absolute Gasteiger partial charge is 0.394 e. The third-order valence-electron chi connectivity index (χ3n) is 2.71. The van der Waals surface area contributed by atoms with Gasteiger partial charge in [-0.15, -0.1) is 0 Å². The van der Waals surface area contributed by atoms with E-state index < -0.39 is 0 Å². The number of rotatable bonds is 9. The summed E-state index contributed by atoms with van der Waals surface area (Å²) < 4.78 is 12.1. The predicted molar refractivity (Wildman–Crippen MR) is 72.8 cm³/mol. The van der Waals surface area contributed by atoms with Gasteiger partial charge in [-0.1, -0.05) is 0 Å². The van der Waals surface area contributed by atoms with Gasteiger partial charge in [-0.3, -0.25) is 4.68 Å². The van der Waals surface area contributed by atoms with E-state index in [9.17, 15) is 0 Å². The number of aromatic nitrogens is 2. The molecule has 6 heteroatoms. The summed E-state index contributed by atoms with van der Waals surface area (Å²) in [6.07, 6.45) is 2.06. The second-order valence-corrected chi connectivity index (χ2v) is 4.21. The molecular weight excluding hydrogens is 232 g/mol. The third-order valence-corrected chi connectivity index (χ3v) is 2.71. The summed E-state index contributed by atoms with van der Waals surface area (Å²) in [5.74, 6) is 0.896. The Kier molecular flexibility index (Phi) is 6.53. The molecule has 0 amide bonds. The quantitative estimate of drug-likeness (QED) is 0.649. The molecule has 0 atom stereocenters. The maximum atomic E-state index is 5.91. The van der Waals surface area contributed by atoms with Crippen molar-refractivity contribution in [3.8, 4) is 0 Å². The van der Waals surface area contributed by atoms with Crippen LogP contribution >= 0.6 is 0 Å². The molecule has 0 saturated carbocycles. The van der Waals surface area contributed by atoms with Crippen LogP contribution in [0, 0.1) is 6.92 Å². The SMILES string of the molecule is COCCOCCCCNc1c(N)c(C)nn1C. The lowest BCUT2D eigenvalue weighted by atomic mass is 10.3. The lowest BCUT2D eigenvalue weighted by Crippen LogP contribution is -2.09. The topological polar surface area (TPSA) is 74.3 Å². The van der Waals surface area contributed by atoms with Crippen molar-refractivity contribution in [1.82, 2.24) is 9.78 Å². The van der Waals surface area contributed by atoms with Crippen LogP contribution in [0.1, 0.15) is 18.5 Å². The molecule has 3 N–H and O–H groups in total. The van der Waals surface area contributed by atoms with Gasteiger partial charge in [0.15, 0.2) is 0 Å². The molecule has 0 aliphatic heterocycles. The van der Waals surface area contributed by atoms with Crippen molar-refractivity contribution in [2.75, 3.05) is 44.5 Å². The Morgan fingerprint density at radius 2 is 2.06 bits per heavy atom. The van der Waals surface area contributed by atoms with E-state index >= 15 is 0 Å². The number of nitrogens with zero attached hydrogens (tertiary/aromatic N) is 2. The van der Waals surface area contributed by atoms with Gasteiger partial charge in [0.25, 0.3) is 0 Å². The van der Waals surface area contributed by atoms with E-state index in [-0.39, 0.29) is 0 Å². The lowest BCUT2D eigenvalue weighted by Gasteiger charge is -2.08. The first kappa shape index (κ1) is 14.8. The maximum absolute atomic E-state index is 5.91. The molecule has 0 saturated heterocycles. The summed E-state index contributed by atoms with van der Waals surface area (Å²) in [7, 11) is 3.56. The molecule has 6 nitrogen and oxygen atoms in total. The number of hydrogen-bond acceptors (Lipinski definition) is 5. The van der Waals surface area contributed by atoms with Crippen molar-refractivity contribution in [1.29, 1.82) is 0 Å². The van der Waals surface area contributed by atoms with Gasteiger partial charge in [-0.2, -0.15) is 5.10 Å². The number of hydrogen-bond donors (Lipinski definition) is 2. The van der Waals surface area contributed by atoms with Crippen LogP contribution in [-0.4, -0.2) is 43.3 Å². The van der Waals surface area contributed by atoms with Gasteiger partial charge in [0.1, 0.15) is 5.82 Å². The Hall–Kier alpha value is -1.27. The normalized spacial score (nSPS) is 10.8. The van der Waals surface area contributed by atoms with E-state index in [1.165, 1.54) is 0 Å². The second-order valence-electron chi connectivity index (χ2n) is 4.21. The van der Waals surface area contributed by atoms with Crippen LogP contribution in [-0.2, 0) is 16.5 Å². The fourth-order valence-electron chi connectivity index (χ4n) is 1.66.